The van der Waals surface area contributed by atoms with E-state index in [1.807, 2.05) is 0 Å². The number of halogens is 1. The molecule has 0 heterocycles. The molecule has 0 aromatic carbocycles. The van der Waals surface area contributed by atoms with Crippen molar-refractivity contribution in [2.75, 3.05) is 12.5 Å². The molecule has 1 saturated carbocycles. The van der Waals surface area contributed by atoms with Gasteiger partial charge in [0.05, 0.1) is 24.5 Å². The second-order valence-electron chi connectivity index (χ2n) is 3.61. The summed E-state index contributed by atoms with van der Waals surface area (Å²) in [6, 6.07) is 0. The summed E-state index contributed by atoms with van der Waals surface area (Å²) in [5.74, 6) is -1.32. The first-order valence-corrected chi connectivity index (χ1v) is 8.92. The summed E-state index contributed by atoms with van der Waals surface area (Å²) in [4.78, 5) is 10.3. The van der Waals surface area contributed by atoms with Crippen LogP contribution in [0.4, 0.5) is 0 Å². The van der Waals surface area contributed by atoms with Crippen molar-refractivity contribution in [3.05, 3.63) is 0 Å². The zero-order chi connectivity index (χ0) is 13.9. The van der Waals surface area contributed by atoms with Crippen LogP contribution in [-0.4, -0.2) is 46.5 Å². The van der Waals surface area contributed by atoms with Crippen LogP contribution in [-0.2, 0) is 28.1 Å². The SMILES string of the molecule is CS(=O)(=O)Cl.CS(=O)(=O)O[C@H]1C[C@H](C(=O)O)C1. The van der Waals surface area contributed by atoms with Crippen LogP contribution in [0, 0.1) is 5.92 Å². The molecule has 0 aliphatic heterocycles. The monoisotopic (exact) mass is 308 g/mol. The van der Waals surface area contributed by atoms with Crippen molar-refractivity contribution in [3.8, 4) is 0 Å². The number of rotatable bonds is 3. The number of aliphatic carboxylic acids is 1. The summed E-state index contributed by atoms with van der Waals surface area (Å²) >= 11 is 0. The molecule has 10 heteroatoms. The quantitative estimate of drug-likeness (QED) is 0.577. The lowest BCUT2D eigenvalue weighted by Crippen LogP contribution is -2.37. The van der Waals surface area contributed by atoms with E-state index < -0.39 is 37.2 Å². The first-order valence-electron chi connectivity index (χ1n) is 4.39. The van der Waals surface area contributed by atoms with Gasteiger partial charge in [-0.15, -0.1) is 0 Å². The number of hydrogen-bond acceptors (Lipinski definition) is 6. The summed E-state index contributed by atoms with van der Waals surface area (Å²) < 4.78 is 44.4. The Labute approximate surface area is 104 Å². The zero-order valence-corrected chi connectivity index (χ0v) is 11.5. The Bertz CT molecular complexity index is 452. The van der Waals surface area contributed by atoms with Gasteiger partial charge in [-0.05, 0) is 12.8 Å². The minimum Gasteiger partial charge on any atom is -0.481 e. The van der Waals surface area contributed by atoms with Crippen LogP contribution in [0.2, 0.25) is 0 Å². The molecule has 0 spiro atoms. The third-order valence-corrected chi connectivity index (χ3v) is 2.38. The van der Waals surface area contributed by atoms with Crippen LogP contribution in [0.15, 0.2) is 0 Å². The minimum atomic E-state index is -3.43. The van der Waals surface area contributed by atoms with E-state index in [0.717, 1.165) is 12.5 Å². The van der Waals surface area contributed by atoms with Crippen molar-refractivity contribution in [1.29, 1.82) is 0 Å². The smallest absolute Gasteiger partial charge is 0.306 e. The molecule has 1 aliphatic carbocycles. The maximum Gasteiger partial charge on any atom is 0.306 e. The van der Waals surface area contributed by atoms with Gasteiger partial charge in [-0.3, -0.25) is 8.98 Å². The number of carbonyl (C=O) groups is 1. The van der Waals surface area contributed by atoms with E-state index in [0.29, 0.717) is 12.8 Å². The molecule has 0 radical (unpaired) electrons. The van der Waals surface area contributed by atoms with Gasteiger partial charge in [0.1, 0.15) is 0 Å². The van der Waals surface area contributed by atoms with Crippen LogP contribution in [0.5, 0.6) is 0 Å². The van der Waals surface area contributed by atoms with Crippen LogP contribution in [0.3, 0.4) is 0 Å². The second kappa shape index (κ2) is 5.98. The molecule has 17 heavy (non-hydrogen) atoms. The van der Waals surface area contributed by atoms with Gasteiger partial charge in [0, 0.05) is 10.7 Å². The third-order valence-electron chi connectivity index (χ3n) is 1.75. The Morgan fingerprint density at radius 1 is 1.24 bits per heavy atom. The fourth-order valence-electron chi connectivity index (χ4n) is 1.09. The van der Waals surface area contributed by atoms with Gasteiger partial charge >= 0.3 is 5.97 Å². The van der Waals surface area contributed by atoms with E-state index in [2.05, 4.69) is 14.9 Å². The molecule has 1 aliphatic rings. The predicted octanol–water partition coefficient (Wildman–Crippen LogP) is 0.0106. The fourth-order valence-corrected chi connectivity index (χ4v) is 1.74. The molecular formula is C7H13ClO7S2. The fraction of sp³-hybridized carbons (Fsp3) is 0.857. The van der Waals surface area contributed by atoms with E-state index >= 15 is 0 Å². The molecule has 102 valence electrons. The first kappa shape index (κ1) is 16.6. The molecule has 0 bridgehead atoms. The molecule has 0 unspecified atom stereocenters. The highest BCUT2D eigenvalue weighted by atomic mass is 35.7. The van der Waals surface area contributed by atoms with E-state index in [1.165, 1.54) is 0 Å². The number of carboxylic acids is 1. The molecule has 0 aromatic rings. The second-order valence-corrected chi connectivity index (χ2v) is 8.26. The molecule has 1 rings (SSSR count). The third kappa shape index (κ3) is 10.5. The normalized spacial score (nSPS) is 24.2. The average Bonchev–Trinajstić information content (AvgIpc) is 1.89. The van der Waals surface area contributed by atoms with E-state index in [-0.39, 0.29) is 0 Å². The van der Waals surface area contributed by atoms with E-state index in [1.54, 1.807) is 0 Å². The summed E-state index contributed by atoms with van der Waals surface area (Å²) in [7, 11) is -2.12. The summed E-state index contributed by atoms with van der Waals surface area (Å²) in [6.07, 6.45) is 2.04. The van der Waals surface area contributed by atoms with Gasteiger partial charge in [-0.2, -0.15) is 8.42 Å². The highest BCUT2D eigenvalue weighted by Gasteiger charge is 2.37. The van der Waals surface area contributed by atoms with Crippen molar-refractivity contribution in [2.45, 2.75) is 18.9 Å². The largest absolute Gasteiger partial charge is 0.481 e. The zero-order valence-electron chi connectivity index (χ0n) is 9.16. The summed E-state index contributed by atoms with van der Waals surface area (Å²) in [5, 5.41) is 8.44. The van der Waals surface area contributed by atoms with Gasteiger partial charge in [-0.25, -0.2) is 8.42 Å². The van der Waals surface area contributed by atoms with Crippen LogP contribution in [0.25, 0.3) is 0 Å². The van der Waals surface area contributed by atoms with Crippen LogP contribution < -0.4 is 0 Å². The Kier molecular flexibility index (Phi) is 5.85. The Balaban J connectivity index is 0.000000437. The average molecular weight is 309 g/mol. The van der Waals surface area contributed by atoms with Crippen molar-refractivity contribution in [1.82, 2.24) is 0 Å². The lowest BCUT2D eigenvalue weighted by atomic mass is 9.83. The van der Waals surface area contributed by atoms with Gasteiger partial charge in [0.15, 0.2) is 0 Å². The molecule has 0 atom stereocenters. The molecule has 0 amide bonds. The van der Waals surface area contributed by atoms with E-state index in [9.17, 15) is 21.6 Å². The lowest BCUT2D eigenvalue weighted by Gasteiger charge is -2.30. The van der Waals surface area contributed by atoms with Crippen molar-refractivity contribution >= 4 is 35.8 Å². The molecule has 0 saturated heterocycles. The lowest BCUT2D eigenvalue weighted by molar-refractivity contribution is -0.147. The Morgan fingerprint density at radius 2 is 1.59 bits per heavy atom. The van der Waals surface area contributed by atoms with Gasteiger partial charge in [0.2, 0.25) is 9.05 Å². The number of hydrogen-bond donors (Lipinski definition) is 1. The van der Waals surface area contributed by atoms with Crippen molar-refractivity contribution < 1.29 is 30.9 Å². The Morgan fingerprint density at radius 3 is 1.82 bits per heavy atom. The minimum absolute atomic E-state index is 0.294. The molecule has 7 nitrogen and oxygen atoms in total. The highest BCUT2D eigenvalue weighted by Crippen LogP contribution is 2.30. The van der Waals surface area contributed by atoms with Gasteiger partial charge in [0.25, 0.3) is 10.1 Å². The van der Waals surface area contributed by atoms with Crippen LogP contribution >= 0.6 is 10.7 Å². The predicted molar refractivity (Wildman–Crippen MR) is 60.8 cm³/mol. The van der Waals surface area contributed by atoms with Crippen molar-refractivity contribution in [2.24, 2.45) is 5.92 Å². The molecule has 1 N–H and O–H groups in total. The van der Waals surface area contributed by atoms with Crippen molar-refractivity contribution in [3.63, 3.8) is 0 Å². The maximum absolute atomic E-state index is 10.5. The number of carboxylic acid groups (broad SMARTS) is 1. The van der Waals surface area contributed by atoms with E-state index in [4.69, 9.17) is 5.11 Å². The summed E-state index contributed by atoms with van der Waals surface area (Å²) in [6.45, 7) is 0. The highest BCUT2D eigenvalue weighted by molar-refractivity contribution is 8.13. The topological polar surface area (TPSA) is 115 Å². The Hall–Kier alpha value is -0.380. The standard InChI is InChI=1S/C6H10O5S.CH3ClO2S/c1-12(9,10)11-5-2-4(3-5)6(7)8;1-5(2,3)4/h4-5H,2-3H2,1H3,(H,7,8);1H3/t4-,5-;. The molecule has 0 aromatic heterocycles. The maximum atomic E-state index is 10.5. The summed E-state index contributed by atoms with van der Waals surface area (Å²) in [5.41, 5.74) is 0. The van der Waals surface area contributed by atoms with Crippen LogP contribution in [0.1, 0.15) is 12.8 Å². The molecule has 1 fully saturated rings. The van der Waals surface area contributed by atoms with Gasteiger partial charge in [-0.1, -0.05) is 0 Å². The molecular weight excluding hydrogens is 296 g/mol. The first-order chi connectivity index (χ1) is 7.38. The van der Waals surface area contributed by atoms with Gasteiger partial charge < -0.3 is 5.11 Å².